The van der Waals surface area contributed by atoms with Crippen LogP contribution in [-0.2, 0) is 23.8 Å². The van der Waals surface area contributed by atoms with Crippen LogP contribution in [0.25, 0.3) is 0 Å². The maximum absolute atomic E-state index is 11.7. The molecule has 0 aromatic rings. The van der Waals surface area contributed by atoms with Crippen molar-refractivity contribution in [2.45, 2.75) is 77.9 Å². The number of ether oxygens (including phenoxy) is 3. The molecule has 0 saturated heterocycles. The molecule has 8 nitrogen and oxygen atoms in total. The fourth-order valence-electron chi connectivity index (χ4n) is 2.34. The standard InChI is InChI=1S/C19H36N2O6/c1-6-12-26-19(5,8-3)10-13-27-18(4,7-2)9-11-20-16(22)14-25-15-17(23)21-24/h6-15H2,1-5H3,(H,20,22). The van der Waals surface area contributed by atoms with Gasteiger partial charge in [-0.25, -0.2) is 0 Å². The third-order valence-electron chi connectivity index (χ3n) is 4.77. The van der Waals surface area contributed by atoms with E-state index in [9.17, 15) is 14.5 Å². The molecule has 2 atom stereocenters. The quantitative estimate of drug-likeness (QED) is 0.408. The zero-order chi connectivity index (χ0) is 20.8. The lowest BCUT2D eigenvalue weighted by Crippen LogP contribution is -2.38. The maximum Gasteiger partial charge on any atom is 0.311 e. The number of hydrogen-bond acceptors (Lipinski definition) is 6. The highest BCUT2D eigenvalue weighted by atomic mass is 16.5. The van der Waals surface area contributed by atoms with Crippen LogP contribution in [-0.4, -0.2) is 56.0 Å². The van der Waals surface area contributed by atoms with Gasteiger partial charge in [0.15, 0.2) is 0 Å². The molecule has 27 heavy (non-hydrogen) atoms. The summed E-state index contributed by atoms with van der Waals surface area (Å²) in [5.41, 5.74) is -0.519. The van der Waals surface area contributed by atoms with Crippen LogP contribution in [0.15, 0.2) is 5.18 Å². The first-order valence-corrected chi connectivity index (χ1v) is 9.72. The molecule has 0 spiro atoms. The van der Waals surface area contributed by atoms with Gasteiger partial charge in [0, 0.05) is 18.3 Å². The average Bonchev–Trinajstić information content (AvgIpc) is 2.66. The van der Waals surface area contributed by atoms with E-state index in [0.717, 1.165) is 32.3 Å². The molecule has 0 saturated carbocycles. The van der Waals surface area contributed by atoms with E-state index in [2.05, 4.69) is 38.2 Å². The predicted molar refractivity (Wildman–Crippen MR) is 103 cm³/mol. The van der Waals surface area contributed by atoms with E-state index >= 15 is 0 Å². The van der Waals surface area contributed by atoms with Gasteiger partial charge in [-0.2, -0.15) is 0 Å². The van der Waals surface area contributed by atoms with Crippen molar-refractivity contribution in [3.63, 3.8) is 0 Å². The molecule has 0 bridgehead atoms. The highest BCUT2D eigenvalue weighted by molar-refractivity contribution is 5.79. The summed E-state index contributed by atoms with van der Waals surface area (Å²) >= 11 is 0. The van der Waals surface area contributed by atoms with E-state index in [1.165, 1.54) is 0 Å². The Kier molecular flexibility index (Phi) is 13.0. The van der Waals surface area contributed by atoms with Crippen LogP contribution in [0.5, 0.6) is 0 Å². The molecule has 2 amide bonds. The Morgan fingerprint density at radius 2 is 1.52 bits per heavy atom. The average molecular weight is 389 g/mol. The minimum atomic E-state index is -0.934. The second-order valence-corrected chi connectivity index (χ2v) is 7.13. The summed E-state index contributed by atoms with van der Waals surface area (Å²) in [6, 6.07) is 0. The molecule has 0 aliphatic carbocycles. The topological polar surface area (TPSA) is 103 Å². The van der Waals surface area contributed by atoms with Crippen LogP contribution in [0.4, 0.5) is 0 Å². The number of nitrogens with zero attached hydrogens (tertiary/aromatic N) is 1. The highest BCUT2D eigenvalue weighted by Crippen LogP contribution is 2.24. The number of rotatable bonds is 16. The summed E-state index contributed by atoms with van der Waals surface area (Å²) < 4.78 is 16.9. The van der Waals surface area contributed by atoms with Crippen molar-refractivity contribution >= 4 is 11.8 Å². The Morgan fingerprint density at radius 1 is 0.926 bits per heavy atom. The Morgan fingerprint density at radius 3 is 2.07 bits per heavy atom. The van der Waals surface area contributed by atoms with Gasteiger partial charge >= 0.3 is 5.91 Å². The second kappa shape index (κ2) is 13.7. The van der Waals surface area contributed by atoms with E-state index in [1.807, 2.05) is 6.92 Å². The van der Waals surface area contributed by atoms with Gasteiger partial charge < -0.3 is 19.5 Å². The van der Waals surface area contributed by atoms with Crippen molar-refractivity contribution < 1.29 is 23.8 Å². The first-order valence-electron chi connectivity index (χ1n) is 9.72. The smallest absolute Gasteiger partial charge is 0.311 e. The molecule has 158 valence electrons. The SMILES string of the molecule is CCCOC(C)(CC)CCOC(C)(CC)CCNC(=O)COCC(=O)N=O. The fraction of sp³-hybridized carbons (Fsp3) is 0.895. The minimum absolute atomic E-state index is 0.177. The molecular formula is C19H36N2O6. The summed E-state index contributed by atoms with van der Waals surface area (Å²) in [4.78, 5) is 32.2. The van der Waals surface area contributed by atoms with Crippen LogP contribution in [0.3, 0.4) is 0 Å². The third-order valence-corrected chi connectivity index (χ3v) is 4.77. The molecule has 0 aromatic heterocycles. The van der Waals surface area contributed by atoms with Crippen molar-refractivity contribution in [3.8, 4) is 0 Å². The van der Waals surface area contributed by atoms with Gasteiger partial charge in [-0.05, 0) is 46.0 Å². The van der Waals surface area contributed by atoms with Gasteiger partial charge in [-0.1, -0.05) is 20.8 Å². The summed E-state index contributed by atoms with van der Waals surface area (Å²) in [5, 5.41) is 4.91. The fourth-order valence-corrected chi connectivity index (χ4v) is 2.34. The van der Waals surface area contributed by atoms with Crippen LogP contribution in [0.1, 0.15) is 66.7 Å². The third kappa shape index (κ3) is 11.8. The molecule has 0 rings (SSSR count). The molecular weight excluding hydrogens is 352 g/mol. The number of carbonyl (C=O) groups is 2. The van der Waals surface area contributed by atoms with E-state index in [4.69, 9.17) is 14.2 Å². The van der Waals surface area contributed by atoms with E-state index in [1.54, 1.807) is 0 Å². The molecule has 8 heteroatoms. The Labute approximate surface area is 162 Å². The normalized spacial score (nSPS) is 15.6. The Hall–Kier alpha value is -1.38. The lowest BCUT2D eigenvalue weighted by molar-refractivity contribution is -0.129. The highest BCUT2D eigenvalue weighted by Gasteiger charge is 2.27. The lowest BCUT2D eigenvalue weighted by atomic mass is 9.97. The molecule has 0 aromatic carbocycles. The minimum Gasteiger partial charge on any atom is -0.375 e. The van der Waals surface area contributed by atoms with Crippen molar-refractivity contribution in [3.05, 3.63) is 4.91 Å². The van der Waals surface area contributed by atoms with Gasteiger partial charge in [-0.15, -0.1) is 4.91 Å². The van der Waals surface area contributed by atoms with Crippen molar-refractivity contribution in [2.24, 2.45) is 5.18 Å². The lowest BCUT2D eigenvalue weighted by Gasteiger charge is -2.33. The number of nitroso groups, excluding NO2 is 1. The molecule has 0 aliphatic heterocycles. The summed E-state index contributed by atoms with van der Waals surface area (Å²) in [7, 11) is 0. The monoisotopic (exact) mass is 388 g/mol. The maximum atomic E-state index is 11.7. The zero-order valence-electron chi connectivity index (χ0n) is 17.5. The van der Waals surface area contributed by atoms with Gasteiger partial charge in [0.05, 0.1) is 17.8 Å². The van der Waals surface area contributed by atoms with Crippen LogP contribution in [0, 0.1) is 4.91 Å². The number of hydrogen-bond donors (Lipinski definition) is 1. The van der Waals surface area contributed by atoms with E-state index in [-0.39, 0.29) is 23.7 Å². The molecule has 0 heterocycles. The largest absolute Gasteiger partial charge is 0.375 e. The van der Waals surface area contributed by atoms with Crippen molar-refractivity contribution in [2.75, 3.05) is 33.0 Å². The first kappa shape index (κ1) is 25.6. The summed E-state index contributed by atoms with van der Waals surface area (Å²) in [6.45, 7) is 11.4. The van der Waals surface area contributed by atoms with Gasteiger partial charge in [-0.3, -0.25) is 9.59 Å². The molecule has 0 radical (unpaired) electrons. The van der Waals surface area contributed by atoms with Crippen molar-refractivity contribution in [1.82, 2.24) is 5.32 Å². The van der Waals surface area contributed by atoms with Crippen LogP contribution >= 0.6 is 0 Å². The van der Waals surface area contributed by atoms with Gasteiger partial charge in [0.2, 0.25) is 5.91 Å². The molecule has 2 unspecified atom stereocenters. The van der Waals surface area contributed by atoms with E-state index in [0.29, 0.717) is 19.6 Å². The molecule has 0 aliphatic rings. The van der Waals surface area contributed by atoms with E-state index < -0.39 is 12.5 Å². The summed E-state index contributed by atoms with van der Waals surface area (Å²) in [5.74, 6) is -1.28. The first-order chi connectivity index (χ1) is 12.7. The number of amides is 2. The number of nitrogens with one attached hydrogen (secondary N) is 1. The number of carbonyl (C=O) groups excluding carboxylic acids is 2. The second-order valence-electron chi connectivity index (χ2n) is 7.13. The predicted octanol–water partition coefficient (Wildman–Crippen LogP) is 2.97. The van der Waals surface area contributed by atoms with Crippen LogP contribution < -0.4 is 5.32 Å². The van der Waals surface area contributed by atoms with Gasteiger partial charge in [0.25, 0.3) is 0 Å². The van der Waals surface area contributed by atoms with Crippen molar-refractivity contribution in [1.29, 1.82) is 0 Å². The Balaban J connectivity index is 4.19. The molecule has 1 N–H and O–H groups in total. The summed E-state index contributed by atoms with van der Waals surface area (Å²) in [6.07, 6.45) is 4.21. The Bertz CT molecular complexity index is 459. The zero-order valence-corrected chi connectivity index (χ0v) is 17.5. The molecule has 0 fully saturated rings. The van der Waals surface area contributed by atoms with Gasteiger partial charge in [0.1, 0.15) is 13.2 Å². The van der Waals surface area contributed by atoms with Crippen LogP contribution in [0.2, 0.25) is 0 Å².